The summed E-state index contributed by atoms with van der Waals surface area (Å²) in [4.78, 5) is 19.3. The van der Waals surface area contributed by atoms with Crippen molar-refractivity contribution in [3.63, 3.8) is 0 Å². The number of carbonyl (C=O) groups is 1. The molecule has 0 radical (unpaired) electrons. The van der Waals surface area contributed by atoms with Crippen LogP contribution in [0.4, 0.5) is 5.82 Å². The summed E-state index contributed by atoms with van der Waals surface area (Å²) < 4.78 is 0. The monoisotopic (exact) mass is 439 g/mol. The molecular weight excluding hydrogens is 402 g/mol. The summed E-state index contributed by atoms with van der Waals surface area (Å²) in [5, 5.41) is 4.47. The number of rotatable bonds is 8. The molecule has 168 valence electrons. The van der Waals surface area contributed by atoms with E-state index in [-0.39, 0.29) is 0 Å². The summed E-state index contributed by atoms with van der Waals surface area (Å²) in [5.41, 5.74) is 4.26. The number of thioether (sulfide) groups is 1. The van der Waals surface area contributed by atoms with Crippen LogP contribution in [0.25, 0.3) is 16.3 Å². The van der Waals surface area contributed by atoms with Gasteiger partial charge in [-0.3, -0.25) is 9.78 Å². The predicted molar refractivity (Wildman–Crippen MR) is 139 cm³/mol. The van der Waals surface area contributed by atoms with Gasteiger partial charge in [0.1, 0.15) is 5.82 Å². The molecule has 1 aliphatic rings. The lowest BCUT2D eigenvalue weighted by atomic mass is 9.99. The van der Waals surface area contributed by atoms with Crippen molar-refractivity contribution in [2.45, 2.75) is 59.8 Å². The summed E-state index contributed by atoms with van der Waals surface area (Å²) >= 11 is 1.82. The third-order valence-corrected chi connectivity index (χ3v) is 4.81. The Labute approximate surface area is 192 Å². The van der Waals surface area contributed by atoms with Crippen molar-refractivity contribution >= 4 is 40.3 Å². The van der Waals surface area contributed by atoms with Crippen LogP contribution >= 0.6 is 11.8 Å². The zero-order valence-corrected chi connectivity index (χ0v) is 20.5. The molecular formula is C26H37N3OS. The van der Waals surface area contributed by atoms with Crippen molar-refractivity contribution in [1.82, 2.24) is 9.97 Å². The molecule has 2 heterocycles. The van der Waals surface area contributed by atoms with E-state index in [0.717, 1.165) is 45.4 Å². The Morgan fingerprint density at radius 3 is 2.32 bits per heavy atom. The van der Waals surface area contributed by atoms with Crippen molar-refractivity contribution in [3.8, 4) is 0 Å². The fraction of sp³-hybridized carbons (Fsp3) is 0.423. The summed E-state index contributed by atoms with van der Waals surface area (Å²) in [5.74, 6) is 1.59. The van der Waals surface area contributed by atoms with Gasteiger partial charge in [-0.05, 0) is 55.6 Å². The molecule has 0 unspecified atom stereocenters. The number of aromatic nitrogens is 2. The van der Waals surface area contributed by atoms with Crippen molar-refractivity contribution in [2.75, 3.05) is 17.3 Å². The fourth-order valence-corrected chi connectivity index (χ4v) is 3.06. The smallest absolute Gasteiger partial charge is 0.212 e. The number of nitrogens with one attached hydrogen (secondary N) is 1. The van der Waals surface area contributed by atoms with Crippen LogP contribution in [0.5, 0.6) is 0 Å². The second-order valence-corrected chi connectivity index (χ2v) is 8.43. The van der Waals surface area contributed by atoms with Gasteiger partial charge in [-0.25, -0.2) is 4.98 Å². The molecule has 0 bridgehead atoms. The average molecular weight is 440 g/mol. The molecule has 2 aromatic rings. The van der Waals surface area contributed by atoms with Gasteiger partial charge >= 0.3 is 0 Å². The molecule has 1 saturated carbocycles. The van der Waals surface area contributed by atoms with E-state index in [0.29, 0.717) is 12.2 Å². The topological polar surface area (TPSA) is 54.9 Å². The molecule has 31 heavy (non-hydrogen) atoms. The maximum atomic E-state index is 10.5. The number of hydrogen-bond acceptors (Lipinski definition) is 4. The first-order valence-electron chi connectivity index (χ1n) is 11.0. The minimum atomic E-state index is 0.518. The SMILES string of the molecule is C1CC1.C=C(/C=C(C)\C(=C/C)c1cc2cnc(NC=O)cc2cn1)CCSC.CCC. The summed E-state index contributed by atoms with van der Waals surface area (Å²) in [7, 11) is 0. The highest BCUT2D eigenvalue weighted by Crippen LogP contribution is 2.26. The number of fused-ring (bicyclic) bond motifs is 1. The second kappa shape index (κ2) is 15.4. The standard InChI is InChI=1S/C20H23N3OS.C3H6.C3H8/c1-5-18(15(3)8-14(2)6-7-25-4)19-9-16-12-22-20(23-13-24)10-17(16)11-21-19;1-2-3-1;1-3-2/h5,8-13H,2,6-7H2,1,3-4H3,(H,22,23,24);1-3H2;3H2,1-2H3/b15-8-,18-5+;;. The zero-order chi connectivity index (χ0) is 23.1. The van der Waals surface area contributed by atoms with Crippen LogP contribution in [0.3, 0.4) is 0 Å². The Kier molecular flexibility index (Phi) is 13.2. The molecule has 0 atom stereocenters. The first-order valence-corrected chi connectivity index (χ1v) is 12.4. The number of allylic oxidation sites excluding steroid dienone is 5. The minimum absolute atomic E-state index is 0.518. The number of anilines is 1. The van der Waals surface area contributed by atoms with Gasteiger partial charge in [0.05, 0.1) is 5.69 Å². The van der Waals surface area contributed by atoms with Gasteiger partial charge in [0.15, 0.2) is 0 Å². The molecule has 0 aromatic carbocycles. The normalized spacial score (nSPS) is 12.8. The summed E-state index contributed by atoms with van der Waals surface area (Å²) in [6.45, 7) is 12.5. The highest BCUT2D eigenvalue weighted by molar-refractivity contribution is 7.98. The number of carbonyl (C=O) groups excluding carboxylic acids is 1. The van der Waals surface area contributed by atoms with Gasteiger partial charge in [0.2, 0.25) is 6.41 Å². The van der Waals surface area contributed by atoms with Crippen molar-refractivity contribution in [1.29, 1.82) is 0 Å². The molecule has 0 saturated heterocycles. The van der Waals surface area contributed by atoms with E-state index in [1.165, 1.54) is 25.7 Å². The molecule has 0 aliphatic heterocycles. The Hall–Kier alpha value is -2.40. The van der Waals surface area contributed by atoms with Gasteiger partial charge in [-0.2, -0.15) is 11.8 Å². The summed E-state index contributed by atoms with van der Waals surface area (Å²) in [6.07, 6.45) is 17.2. The number of amides is 1. The fourth-order valence-electron chi connectivity index (χ4n) is 2.59. The lowest BCUT2D eigenvalue weighted by Gasteiger charge is -2.10. The molecule has 2 aromatic heterocycles. The number of hydrogen-bond donors (Lipinski definition) is 1. The number of pyridine rings is 2. The van der Waals surface area contributed by atoms with E-state index in [1.54, 1.807) is 6.20 Å². The Morgan fingerprint density at radius 1 is 1.16 bits per heavy atom. The Balaban J connectivity index is 0.000000699. The van der Waals surface area contributed by atoms with E-state index in [9.17, 15) is 4.79 Å². The maximum Gasteiger partial charge on any atom is 0.212 e. The van der Waals surface area contributed by atoms with Crippen LogP contribution in [0.15, 0.2) is 54.4 Å². The predicted octanol–water partition coefficient (Wildman–Crippen LogP) is 7.44. The number of nitrogens with zero attached hydrogens (tertiary/aromatic N) is 2. The van der Waals surface area contributed by atoms with Gasteiger partial charge in [-0.15, -0.1) is 0 Å². The Bertz CT molecular complexity index is 898. The molecule has 1 amide bonds. The van der Waals surface area contributed by atoms with E-state index >= 15 is 0 Å². The molecule has 4 nitrogen and oxygen atoms in total. The largest absolute Gasteiger partial charge is 0.313 e. The van der Waals surface area contributed by atoms with Crippen LogP contribution in [-0.2, 0) is 4.79 Å². The van der Waals surface area contributed by atoms with Crippen molar-refractivity contribution < 1.29 is 4.79 Å². The van der Waals surface area contributed by atoms with Gasteiger partial charge in [0, 0.05) is 23.2 Å². The molecule has 0 spiro atoms. The van der Waals surface area contributed by atoms with E-state index in [4.69, 9.17) is 0 Å². The van der Waals surface area contributed by atoms with Crippen LogP contribution < -0.4 is 5.32 Å². The lowest BCUT2D eigenvalue weighted by Crippen LogP contribution is -1.97. The van der Waals surface area contributed by atoms with E-state index in [2.05, 4.69) is 61.0 Å². The second-order valence-electron chi connectivity index (χ2n) is 7.45. The Morgan fingerprint density at radius 2 is 1.77 bits per heavy atom. The highest BCUT2D eigenvalue weighted by atomic mass is 32.2. The molecule has 3 rings (SSSR count). The van der Waals surface area contributed by atoms with E-state index in [1.807, 2.05) is 37.0 Å². The third-order valence-electron chi connectivity index (χ3n) is 4.20. The summed E-state index contributed by atoms with van der Waals surface area (Å²) in [6, 6.07) is 3.83. The molecule has 1 aliphatic carbocycles. The average Bonchev–Trinajstić information content (AvgIpc) is 3.63. The zero-order valence-electron chi connectivity index (χ0n) is 19.7. The lowest BCUT2D eigenvalue weighted by molar-refractivity contribution is -0.105. The van der Waals surface area contributed by atoms with Crippen LogP contribution in [0, 0.1) is 0 Å². The highest BCUT2D eigenvalue weighted by Gasteiger charge is 2.07. The molecule has 5 heteroatoms. The van der Waals surface area contributed by atoms with Crippen molar-refractivity contribution in [3.05, 3.63) is 60.1 Å². The minimum Gasteiger partial charge on any atom is -0.313 e. The first kappa shape index (κ1) is 26.6. The molecule has 1 fully saturated rings. The molecule has 1 N–H and O–H groups in total. The van der Waals surface area contributed by atoms with Gasteiger partial charge < -0.3 is 5.32 Å². The first-order chi connectivity index (χ1) is 15.0. The van der Waals surface area contributed by atoms with Gasteiger partial charge in [-0.1, -0.05) is 63.8 Å². The van der Waals surface area contributed by atoms with Gasteiger partial charge in [0.25, 0.3) is 0 Å². The quantitative estimate of drug-likeness (QED) is 0.343. The maximum absolute atomic E-state index is 10.5. The van der Waals surface area contributed by atoms with Crippen molar-refractivity contribution in [2.24, 2.45) is 0 Å². The van der Waals surface area contributed by atoms with Crippen LogP contribution in [0.2, 0.25) is 0 Å². The third kappa shape index (κ3) is 10.5. The van der Waals surface area contributed by atoms with Crippen LogP contribution in [0.1, 0.15) is 65.5 Å². The van der Waals surface area contributed by atoms with Crippen LogP contribution in [-0.4, -0.2) is 28.4 Å². The van der Waals surface area contributed by atoms with E-state index < -0.39 is 0 Å².